The molecule has 13 heteroatoms. The van der Waals surface area contributed by atoms with Crippen molar-refractivity contribution < 1.29 is 57.1 Å². The van der Waals surface area contributed by atoms with E-state index in [0.717, 1.165) is 0 Å². The zero-order valence-corrected chi connectivity index (χ0v) is 22.6. The first-order chi connectivity index (χ1) is 16.9. The molecule has 212 valence electrons. The van der Waals surface area contributed by atoms with E-state index in [4.69, 9.17) is 38.0 Å². The van der Waals surface area contributed by atoms with Crippen LogP contribution in [0.25, 0.3) is 0 Å². The van der Waals surface area contributed by atoms with Crippen LogP contribution in [0.3, 0.4) is 0 Å². The van der Waals surface area contributed by atoms with Gasteiger partial charge in [0.2, 0.25) is 0 Å². The molecule has 0 unspecified atom stereocenters. The quantitative estimate of drug-likeness (QED) is 0.112. The molecule has 0 radical (unpaired) electrons. The van der Waals surface area contributed by atoms with Crippen LogP contribution >= 0.6 is 0 Å². The smallest absolute Gasteiger partial charge is 0.444 e. The second-order valence-corrected chi connectivity index (χ2v) is 9.17. The van der Waals surface area contributed by atoms with Gasteiger partial charge in [-0.2, -0.15) is 0 Å². The van der Waals surface area contributed by atoms with Gasteiger partial charge >= 0.3 is 18.2 Å². The van der Waals surface area contributed by atoms with Gasteiger partial charge in [0.15, 0.2) is 0 Å². The van der Waals surface area contributed by atoms with Crippen LogP contribution in [0.5, 0.6) is 0 Å². The van der Waals surface area contributed by atoms with E-state index in [1.807, 2.05) is 0 Å². The summed E-state index contributed by atoms with van der Waals surface area (Å²) in [6.07, 6.45) is -1.95. The molecule has 2 amide bonds. The number of esters is 1. The predicted octanol–water partition coefficient (Wildman–Crippen LogP) is 2.35. The summed E-state index contributed by atoms with van der Waals surface area (Å²) < 4.78 is 41.3. The minimum atomic E-state index is -0.975. The second-order valence-electron chi connectivity index (χ2n) is 9.17. The molecule has 0 aromatic rings. The molecule has 0 atom stereocenters. The molecule has 0 aromatic carbocycles. The van der Waals surface area contributed by atoms with Crippen molar-refractivity contribution in [3.8, 4) is 0 Å². The summed E-state index contributed by atoms with van der Waals surface area (Å²) in [7, 11) is 1.30. The van der Waals surface area contributed by atoms with Gasteiger partial charge in [0.05, 0.1) is 73.2 Å². The normalized spacial score (nSPS) is 11.8. The molecular weight excluding hydrogens is 482 g/mol. The maximum absolute atomic E-state index is 12.3. The number of ether oxygens (including phenoxy) is 8. The average Bonchev–Trinajstić information content (AvgIpc) is 2.75. The number of nitrogens with zero attached hydrogens (tertiary/aromatic N) is 1. The van der Waals surface area contributed by atoms with Gasteiger partial charge < -0.3 is 37.9 Å². The molecule has 0 bridgehead atoms. The van der Waals surface area contributed by atoms with Crippen LogP contribution in [0.2, 0.25) is 0 Å². The van der Waals surface area contributed by atoms with Crippen molar-refractivity contribution in [2.45, 2.75) is 52.7 Å². The molecule has 0 heterocycles. The minimum absolute atomic E-state index is 0.0741. The molecule has 0 aliphatic carbocycles. The van der Waals surface area contributed by atoms with E-state index in [9.17, 15) is 14.4 Å². The van der Waals surface area contributed by atoms with E-state index >= 15 is 0 Å². The summed E-state index contributed by atoms with van der Waals surface area (Å²) in [5.41, 5.74) is -1.62. The Balaban J connectivity index is 3.81. The number of carbonyl (C=O) groups is 3. The van der Waals surface area contributed by atoms with Gasteiger partial charge in [-0.25, -0.2) is 14.4 Å². The standard InChI is InChI=1S/C23H43NO12/c1-22(2,3)35-20(26)24(21(27)36-23(4,5)6)34-17-16-32-13-12-30-9-8-29-10-11-31-14-15-33-18-19(25)28-7/h8-18H2,1-7H3. The van der Waals surface area contributed by atoms with Crippen LogP contribution in [0.4, 0.5) is 9.59 Å². The lowest BCUT2D eigenvalue weighted by Gasteiger charge is -2.27. The van der Waals surface area contributed by atoms with Crippen LogP contribution < -0.4 is 0 Å². The average molecular weight is 526 g/mol. The highest BCUT2D eigenvalue weighted by molar-refractivity contribution is 5.86. The molecule has 36 heavy (non-hydrogen) atoms. The monoisotopic (exact) mass is 525 g/mol. The Bertz CT molecular complexity index is 587. The maximum Gasteiger partial charge on any atom is 0.444 e. The number of methoxy groups -OCH3 is 1. The Morgan fingerprint density at radius 2 is 0.889 bits per heavy atom. The molecule has 0 rings (SSSR count). The zero-order chi connectivity index (χ0) is 27.5. The van der Waals surface area contributed by atoms with Crippen molar-refractivity contribution in [2.75, 3.05) is 79.8 Å². The van der Waals surface area contributed by atoms with Crippen LogP contribution in [0.1, 0.15) is 41.5 Å². The second kappa shape index (κ2) is 19.1. The van der Waals surface area contributed by atoms with Crippen LogP contribution in [0, 0.1) is 0 Å². The van der Waals surface area contributed by atoms with E-state index in [0.29, 0.717) is 51.3 Å². The van der Waals surface area contributed by atoms with Crippen molar-refractivity contribution in [1.29, 1.82) is 0 Å². The van der Waals surface area contributed by atoms with Crippen LogP contribution in [-0.2, 0) is 47.5 Å². The number of imide groups is 1. The Morgan fingerprint density at radius 1 is 0.556 bits per heavy atom. The Hall–Kier alpha value is -2.03. The highest BCUT2D eigenvalue weighted by Gasteiger charge is 2.32. The molecule has 0 N–H and O–H groups in total. The van der Waals surface area contributed by atoms with Crippen LogP contribution in [-0.4, -0.2) is 114 Å². The van der Waals surface area contributed by atoms with E-state index < -0.39 is 29.4 Å². The summed E-state index contributed by atoms with van der Waals surface area (Å²) in [6, 6.07) is 0. The fourth-order valence-corrected chi connectivity index (χ4v) is 2.07. The molecule has 0 fully saturated rings. The number of hydroxylamine groups is 2. The molecule has 0 saturated carbocycles. The first kappa shape index (κ1) is 34.0. The Kier molecular flexibility index (Phi) is 18.1. The van der Waals surface area contributed by atoms with Gasteiger partial charge in [-0.05, 0) is 41.5 Å². The van der Waals surface area contributed by atoms with E-state index in [-0.39, 0.29) is 26.4 Å². The lowest BCUT2D eigenvalue weighted by molar-refractivity contribution is -0.148. The third-order valence-electron chi connectivity index (χ3n) is 3.50. The minimum Gasteiger partial charge on any atom is -0.467 e. The first-order valence-electron chi connectivity index (χ1n) is 11.7. The van der Waals surface area contributed by atoms with Gasteiger partial charge in [0.1, 0.15) is 17.8 Å². The molecule has 0 spiro atoms. The Labute approximate surface area is 213 Å². The van der Waals surface area contributed by atoms with Gasteiger partial charge in [-0.15, -0.1) is 0 Å². The molecule has 0 saturated heterocycles. The van der Waals surface area contributed by atoms with Gasteiger partial charge in [-0.1, -0.05) is 5.06 Å². The topological polar surface area (TPSA) is 138 Å². The molecule has 0 aromatic heterocycles. The van der Waals surface area contributed by atoms with Crippen molar-refractivity contribution >= 4 is 18.2 Å². The summed E-state index contributed by atoms with van der Waals surface area (Å²) in [5, 5.41) is 0.451. The Morgan fingerprint density at radius 3 is 1.22 bits per heavy atom. The fourth-order valence-electron chi connectivity index (χ4n) is 2.07. The lowest BCUT2D eigenvalue weighted by atomic mass is 10.2. The SMILES string of the molecule is COC(=O)COCCOCCOCCOCCOCCON(C(=O)OC(C)(C)C)C(=O)OC(C)(C)C. The van der Waals surface area contributed by atoms with Crippen molar-refractivity contribution in [2.24, 2.45) is 0 Å². The van der Waals surface area contributed by atoms with Crippen LogP contribution in [0.15, 0.2) is 0 Å². The first-order valence-corrected chi connectivity index (χ1v) is 11.7. The van der Waals surface area contributed by atoms with Crippen molar-refractivity contribution in [1.82, 2.24) is 5.06 Å². The number of hydrogen-bond acceptors (Lipinski definition) is 12. The molecular formula is C23H43NO12. The number of hydrogen-bond donors (Lipinski definition) is 0. The molecule has 0 aliphatic rings. The third kappa shape index (κ3) is 21.3. The van der Waals surface area contributed by atoms with Gasteiger partial charge in [0.25, 0.3) is 0 Å². The summed E-state index contributed by atoms with van der Waals surface area (Å²) in [6.45, 7) is 12.8. The largest absolute Gasteiger partial charge is 0.467 e. The predicted molar refractivity (Wildman–Crippen MR) is 126 cm³/mol. The zero-order valence-electron chi connectivity index (χ0n) is 22.6. The van der Waals surface area contributed by atoms with Crippen molar-refractivity contribution in [3.05, 3.63) is 0 Å². The number of carbonyl (C=O) groups excluding carboxylic acids is 3. The highest BCUT2D eigenvalue weighted by Crippen LogP contribution is 2.14. The lowest BCUT2D eigenvalue weighted by Crippen LogP contribution is -2.44. The van der Waals surface area contributed by atoms with E-state index in [2.05, 4.69) is 4.74 Å². The highest BCUT2D eigenvalue weighted by atomic mass is 16.8. The summed E-state index contributed by atoms with van der Waals surface area (Å²) in [5.74, 6) is -0.430. The van der Waals surface area contributed by atoms with Crippen molar-refractivity contribution in [3.63, 3.8) is 0 Å². The van der Waals surface area contributed by atoms with E-state index in [1.54, 1.807) is 41.5 Å². The van der Waals surface area contributed by atoms with E-state index in [1.165, 1.54) is 7.11 Å². The number of amides is 2. The summed E-state index contributed by atoms with van der Waals surface area (Å²) >= 11 is 0. The van der Waals surface area contributed by atoms with Gasteiger partial charge in [-0.3, -0.25) is 4.84 Å². The molecule has 0 aliphatic heterocycles. The molecule has 13 nitrogen and oxygen atoms in total. The van der Waals surface area contributed by atoms with Gasteiger partial charge in [0, 0.05) is 0 Å². The number of rotatable bonds is 18. The third-order valence-corrected chi connectivity index (χ3v) is 3.50. The summed E-state index contributed by atoms with van der Waals surface area (Å²) in [4.78, 5) is 40.7. The maximum atomic E-state index is 12.3. The fraction of sp³-hybridized carbons (Fsp3) is 0.870.